The van der Waals surface area contributed by atoms with Crippen molar-refractivity contribution in [1.82, 2.24) is 0 Å². The minimum Gasteiger partial charge on any atom is -0.458 e. The highest BCUT2D eigenvalue weighted by Gasteiger charge is 2.31. The summed E-state index contributed by atoms with van der Waals surface area (Å²) in [5.74, 6) is 0.911. The fourth-order valence-corrected chi connectivity index (χ4v) is 3.69. The lowest BCUT2D eigenvalue weighted by Crippen LogP contribution is -2.36. The zero-order valence-corrected chi connectivity index (χ0v) is 12.4. The molecule has 1 heterocycles. The van der Waals surface area contributed by atoms with E-state index in [1.807, 2.05) is 6.92 Å². The zero-order chi connectivity index (χ0) is 15.0. The Kier molecular flexibility index (Phi) is 3.22. The van der Waals surface area contributed by atoms with Gasteiger partial charge >= 0.3 is 0 Å². The smallest absolute Gasteiger partial charge is 0.264 e. The second-order valence-corrected chi connectivity index (χ2v) is 6.80. The molecular formula is C16H15NO3S. The van der Waals surface area contributed by atoms with E-state index < -0.39 is 10.0 Å². The molecule has 0 fully saturated rings. The van der Waals surface area contributed by atoms with Crippen molar-refractivity contribution < 1.29 is 13.2 Å². The number of rotatable bonds is 2. The van der Waals surface area contributed by atoms with Crippen LogP contribution in [0, 0.1) is 6.92 Å². The van der Waals surface area contributed by atoms with E-state index in [1.165, 1.54) is 4.31 Å². The molecule has 0 aliphatic carbocycles. The minimum absolute atomic E-state index is 0.118. The summed E-state index contributed by atoms with van der Waals surface area (Å²) in [6.07, 6.45) is 0. The molecule has 0 spiro atoms. The summed E-state index contributed by atoms with van der Waals surface area (Å²) >= 11 is 0. The fourth-order valence-electron chi connectivity index (χ4n) is 2.23. The molecule has 1 aliphatic heterocycles. The van der Waals surface area contributed by atoms with Crippen LogP contribution in [0.3, 0.4) is 0 Å². The number of hydrogen-bond donors (Lipinski definition) is 0. The molecule has 21 heavy (non-hydrogen) atoms. The van der Waals surface area contributed by atoms with E-state index in [2.05, 4.69) is 6.58 Å². The van der Waals surface area contributed by atoms with Gasteiger partial charge in [0.15, 0.2) is 5.75 Å². The van der Waals surface area contributed by atoms with E-state index >= 15 is 0 Å². The fraction of sp³-hybridized carbons (Fsp3) is 0.125. The normalized spacial score (nSPS) is 14.5. The molecule has 0 N–H and O–H groups in total. The van der Waals surface area contributed by atoms with Crippen LogP contribution in [0.2, 0.25) is 0 Å². The second-order valence-electron chi connectivity index (χ2n) is 4.93. The molecule has 2 aromatic rings. The minimum atomic E-state index is -3.63. The summed E-state index contributed by atoms with van der Waals surface area (Å²) in [4.78, 5) is 0.262. The average Bonchev–Trinajstić information content (AvgIpc) is 2.46. The monoisotopic (exact) mass is 301 g/mol. The van der Waals surface area contributed by atoms with E-state index in [9.17, 15) is 8.42 Å². The standard InChI is InChI=1S/C16H15NO3S/c1-12-7-9-14(10-8-12)21(18,19)17-11-13(2)20-16-6-4-3-5-15(16)17/h3-10H,2,11H2,1H3. The molecule has 0 aromatic heterocycles. The van der Waals surface area contributed by atoms with Crippen LogP contribution < -0.4 is 9.04 Å². The third-order valence-corrected chi connectivity index (χ3v) is 5.09. The maximum Gasteiger partial charge on any atom is 0.264 e. The van der Waals surface area contributed by atoms with Crippen molar-refractivity contribution in [3.63, 3.8) is 0 Å². The molecule has 4 nitrogen and oxygen atoms in total. The van der Waals surface area contributed by atoms with Gasteiger partial charge in [-0.05, 0) is 31.2 Å². The highest BCUT2D eigenvalue weighted by atomic mass is 32.2. The SMILES string of the molecule is C=C1CN(S(=O)(=O)c2ccc(C)cc2)c2ccccc2O1. The summed E-state index contributed by atoms with van der Waals surface area (Å²) in [7, 11) is -3.63. The average molecular weight is 301 g/mol. The first-order valence-electron chi connectivity index (χ1n) is 6.52. The van der Waals surface area contributed by atoms with Crippen molar-refractivity contribution in [3.05, 3.63) is 66.4 Å². The highest BCUT2D eigenvalue weighted by Crippen LogP contribution is 2.37. The number of para-hydroxylation sites is 2. The van der Waals surface area contributed by atoms with Crippen molar-refractivity contribution in [3.8, 4) is 5.75 Å². The van der Waals surface area contributed by atoms with Crippen LogP contribution in [-0.4, -0.2) is 15.0 Å². The number of nitrogens with zero attached hydrogens (tertiary/aromatic N) is 1. The molecule has 0 saturated carbocycles. The van der Waals surface area contributed by atoms with Crippen molar-refractivity contribution in [2.24, 2.45) is 0 Å². The van der Waals surface area contributed by atoms with Gasteiger partial charge in [0, 0.05) is 0 Å². The van der Waals surface area contributed by atoms with E-state index in [0.29, 0.717) is 17.2 Å². The van der Waals surface area contributed by atoms with Crippen LogP contribution >= 0.6 is 0 Å². The Hall–Kier alpha value is -2.27. The van der Waals surface area contributed by atoms with Crippen molar-refractivity contribution in [2.45, 2.75) is 11.8 Å². The number of hydrogen-bond acceptors (Lipinski definition) is 3. The van der Waals surface area contributed by atoms with Crippen molar-refractivity contribution >= 4 is 15.7 Å². The number of benzene rings is 2. The summed E-state index contributed by atoms with van der Waals surface area (Å²) in [5.41, 5.74) is 1.55. The molecule has 3 rings (SSSR count). The van der Waals surface area contributed by atoms with Gasteiger partial charge in [-0.1, -0.05) is 36.4 Å². The lowest BCUT2D eigenvalue weighted by molar-refractivity contribution is 0.406. The Morgan fingerprint density at radius 3 is 2.48 bits per heavy atom. The topological polar surface area (TPSA) is 46.6 Å². The van der Waals surface area contributed by atoms with Crippen LogP contribution in [-0.2, 0) is 10.0 Å². The number of aryl methyl sites for hydroxylation is 1. The number of sulfonamides is 1. The third-order valence-electron chi connectivity index (χ3n) is 3.32. The molecule has 5 heteroatoms. The van der Waals surface area contributed by atoms with E-state index in [1.54, 1.807) is 48.5 Å². The number of fused-ring (bicyclic) bond motifs is 1. The van der Waals surface area contributed by atoms with Gasteiger partial charge in [0.25, 0.3) is 10.0 Å². The lowest BCUT2D eigenvalue weighted by Gasteiger charge is -2.31. The van der Waals surface area contributed by atoms with Gasteiger partial charge in [0.1, 0.15) is 5.76 Å². The summed E-state index contributed by atoms with van der Waals surface area (Å²) < 4.78 is 32.5. The Balaban J connectivity index is 2.11. The predicted molar refractivity (Wildman–Crippen MR) is 81.9 cm³/mol. The van der Waals surface area contributed by atoms with E-state index in [-0.39, 0.29) is 11.4 Å². The Bertz CT molecular complexity index is 795. The van der Waals surface area contributed by atoms with E-state index in [0.717, 1.165) is 5.56 Å². The van der Waals surface area contributed by atoms with Crippen LogP contribution in [0.5, 0.6) is 5.75 Å². The van der Waals surface area contributed by atoms with Gasteiger partial charge in [-0.15, -0.1) is 0 Å². The van der Waals surface area contributed by atoms with Crippen molar-refractivity contribution in [2.75, 3.05) is 10.8 Å². The van der Waals surface area contributed by atoms with Gasteiger partial charge in [-0.25, -0.2) is 8.42 Å². The molecule has 0 unspecified atom stereocenters. The molecule has 0 amide bonds. The summed E-state index contributed by atoms with van der Waals surface area (Å²) in [6.45, 7) is 5.79. The Labute approximate surface area is 124 Å². The largest absolute Gasteiger partial charge is 0.458 e. The lowest BCUT2D eigenvalue weighted by atomic mass is 10.2. The molecule has 0 saturated heterocycles. The molecule has 0 atom stereocenters. The van der Waals surface area contributed by atoms with E-state index in [4.69, 9.17) is 4.74 Å². The Morgan fingerprint density at radius 2 is 1.76 bits per heavy atom. The second kappa shape index (κ2) is 4.93. The third kappa shape index (κ3) is 2.40. The number of ether oxygens (including phenoxy) is 1. The maximum absolute atomic E-state index is 12.8. The van der Waals surface area contributed by atoms with Crippen molar-refractivity contribution in [1.29, 1.82) is 0 Å². The highest BCUT2D eigenvalue weighted by molar-refractivity contribution is 7.92. The molecule has 108 valence electrons. The van der Waals surface area contributed by atoms with Crippen LogP contribution in [0.4, 0.5) is 5.69 Å². The van der Waals surface area contributed by atoms with Gasteiger partial charge in [-0.3, -0.25) is 4.31 Å². The van der Waals surface area contributed by atoms with Gasteiger partial charge in [-0.2, -0.15) is 0 Å². The van der Waals surface area contributed by atoms with Gasteiger partial charge in [0.05, 0.1) is 17.1 Å². The van der Waals surface area contributed by atoms with Crippen LogP contribution in [0.15, 0.2) is 65.8 Å². The molecule has 2 aromatic carbocycles. The van der Waals surface area contributed by atoms with Crippen LogP contribution in [0.1, 0.15) is 5.56 Å². The zero-order valence-electron chi connectivity index (χ0n) is 11.6. The van der Waals surface area contributed by atoms with Crippen LogP contribution in [0.25, 0.3) is 0 Å². The first kappa shape index (κ1) is 13.7. The van der Waals surface area contributed by atoms with Gasteiger partial charge < -0.3 is 4.74 Å². The first-order valence-corrected chi connectivity index (χ1v) is 7.96. The number of anilines is 1. The Morgan fingerprint density at radius 1 is 1.10 bits per heavy atom. The molecule has 1 aliphatic rings. The summed E-state index contributed by atoms with van der Waals surface area (Å²) in [5, 5.41) is 0. The predicted octanol–water partition coefficient (Wildman–Crippen LogP) is 3.10. The first-order chi connectivity index (χ1) is 9.98. The van der Waals surface area contributed by atoms with Gasteiger partial charge in [0.2, 0.25) is 0 Å². The maximum atomic E-state index is 12.8. The quantitative estimate of drug-likeness (QED) is 0.856. The molecule has 0 bridgehead atoms. The summed E-state index contributed by atoms with van der Waals surface area (Å²) in [6, 6.07) is 13.9. The molecule has 0 radical (unpaired) electrons. The molecular weight excluding hydrogens is 286 g/mol.